The Morgan fingerprint density at radius 1 is 1.03 bits per heavy atom. The van der Waals surface area contributed by atoms with Gasteiger partial charge in [-0.25, -0.2) is 0 Å². The van der Waals surface area contributed by atoms with E-state index in [-0.39, 0.29) is 46.5 Å². The summed E-state index contributed by atoms with van der Waals surface area (Å²) in [5.41, 5.74) is 0.943. The summed E-state index contributed by atoms with van der Waals surface area (Å²) in [7, 11) is 0. The van der Waals surface area contributed by atoms with E-state index in [9.17, 15) is 19.5 Å². The number of amides is 2. The average Bonchev–Trinajstić information content (AvgIpc) is 3.03. The maximum absolute atomic E-state index is 12.9. The molecule has 6 rings (SSSR count). The van der Waals surface area contributed by atoms with Gasteiger partial charge in [-0.05, 0) is 47.8 Å². The van der Waals surface area contributed by atoms with Gasteiger partial charge in [0, 0.05) is 5.56 Å². The van der Waals surface area contributed by atoms with Crippen molar-refractivity contribution in [2.75, 3.05) is 0 Å². The number of carbonyl (C=O) groups is 3. The van der Waals surface area contributed by atoms with Gasteiger partial charge in [-0.15, -0.1) is 0 Å². The summed E-state index contributed by atoms with van der Waals surface area (Å²) in [5.74, 6) is -0.964. The van der Waals surface area contributed by atoms with E-state index in [4.69, 9.17) is 4.42 Å². The van der Waals surface area contributed by atoms with Crippen LogP contribution >= 0.6 is 0 Å². The molecule has 2 bridgehead atoms. The smallest absolute Gasteiger partial charge is 0.254 e. The fraction of sp³-hybridized carbons (Fsp3) is 0.304. The van der Waals surface area contributed by atoms with Crippen LogP contribution in [0.3, 0.4) is 0 Å². The zero-order valence-electron chi connectivity index (χ0n) is 15.9. The second kappa shape index (κ2) is 5.78. The van der Waals surface area contributed by atoms with Crippen LogP contribution in [0.1, 0.15) is 29.0 Å². The van der Waals surface area contributed by atoms with Crippen LogP contribution in [0.25, 0.3) is 11.3 Å². The van der Waals surface area contributed by atoms with Gasteiger partial charge in [0.25, 0.3) is 11.8 Å². The number of benzene rings is 1. The minimum atomic E-state index is -1.24. The van der Waals surface area contributed by atoms with Crippen molar-refractivity contribution < 1.29 is 23.9 Å². The Kier molecular flexibility index (Phi) is 3.35. The summed E-state index contributed by atoms with van der Waals surface area (Å²) < 4.78 is 5.72. The summed E-state index contributed by atoms with van der Waals surface area (Å²) in [6.45, 7) is 0. The first-order chi connectivity index (χ1) is 14.5. The van der Waals surface area contributed by atoms with E-state index in [1.165, 1.54) is 18.3 Å². The van der Waals surface area contributed by atoms with Gasteiger partial charge in [0.05, 0.1) is 24.0 Å². The summed E-state index contributed by atoms with van der Waals surface area (Å²) in [4.78, 5) is 36.7. The zero-order valence-corrected chi connectivity index (χ0v) is 15.9. The van der Waals surface area contributed by atoms with E-state index < -0.39 is 5.97 Å². The van der Waals surface area contributed by atoms with Gasteiger partial charge < -0.3 is 14.3 Å². The first kappa shape index (κ1) is 17.4. The van der Waals surface area contributed by atoms with E-state index in [0.29, 0.717) is 17.1 Å². The molecular formula is C23H17N2O5-. The molecule has 3 fully saturated rings. The largest absolute Gasteiger partial charge is 0.545 e. The number of hydrogen-bond donors (Lipinski definition) is 0. The van der Waals surface area contributed by atoms with E-state index in [2.05, 4.69) is 17.3 Å². The number of imide groups is 1. The van der Waals surface area contributed by atoms with E-state index in [0.717, 1.165) is 17.9 Å². The number of carboxylic acids is 1. The summed E-state index contributed by atoms with van der Waals surface area (Å²) in [5, 5.41) is 16.0. The molecule has 3 aliphatic carbocycles. The molecule has 2 amide bonds. The lowest BCUT2D eigenvalue weighted by atomic mass is 9.85. The quantitative estimate of drug-likeness (QED) is 0.442. The number of nitrogens with zero attached hydrogens (tertiary/aromatic N) is 2. The van der Waals surface area contributed by atoms with Crippen molar-refractivity contribution >= 4 is 24.0 Å². The number of hydrazone groups is 1. The molecule has 150 valence electrons. The van der Waals surface area contributed by atoms with Crippen molar-refractivity contribution in [3.05, 3.63) is 59.9 Å². The fourth-order valence-electron chi connectivity index (χ4n) is 5.64. The highest BCUT2D eigenvalue weighted by Crippen LogP contribution is 2.73. The molecule has 2 saturated carbocycles. The van der Waals surface area contributed by atoms with Crippen LogP contribution < -0.4 is 5.11 Å². The predicted molar refractivity (Wildman–Crippen MR) is 103 cm³/mol. The summed E-state index contributed by atoms with van der Waals surface area (Å²) in [6.07, 6.45) is 7.83. The molecule has 1 spiro atoms. The molecule has 0 unspecified atom stereocenters. The third-order valence-electron chi connectivity index (χ3n) is 7.16. The van der Waals surface area contributed by atoms with Crippen LogP contribution in [0, 0.1) is 29.1 Å². The van der Waals surface area contributed by atoms with Gasteiger partial charge in [0.2, 0.25) is 0 Å². The highest BCUT2D eigenvalue weighted by Gasteiger charge is 2.73. The third kappa shape index (κ3) is 2.20. The molecule has 0 radical (unpaired) electrons. The van der Waals surface area contributed by atoms with Crippen molar-refractivity contribution in [1.82, 2.24) is 5.01 Å². The number of carbonyl (C=O) groups excluding carboxylic acids is 3. The Hall–Kier alpha value is -3.48. The Morgan fingerprint density at radius 3 is 2.23 bits per heavy atom. The topological polar surface area (TPSA) is 103 Å². The van der Waals surface area contributed by atoms with Gasteiger partial charge in [0.1, 0.15) is 11.5 Å². The Labute approximate surface area is 171 Å². The molecule has 4 aliphatic rings. The highest BCUT2D eigenvalue weighted by atomic mass is 16.4. The van der Waals surface area contributed by atoms with Gasteiger partial charge in [-0.3, -0.25) is 9.59 Å². The first-order valence-corrected chi connectivity index (χ1v) is 10.0. The van der Waals surface area contributed by atoms with Crippen LogP contribution in [0.2, 0.25) is 0 Å². The van der Waals surface area contributed by atoms with Gasteiger partial charge in [0.15, 0.2) is 0 Å². The van der Waals surface area contributed by atoms with E-state index in [1.54, 1.807) is 24.3 Å². The maximum atomic E-state index is 12.9. The first-order valence-electron chi connectivity index (χ1n) is 10.0. The van der Waals surface area contributed by atoms with E-state index >= 15 is 0 Å². The summed E-state index contributed by atoms with van der Waals surface area (Å²) in [6, 6.07) is 9.53. The van der Waals surface area contributed by atoms with E-state index in [1.807, 2.05) is 0 Å². The number of fused-ring (bicyclic) bond motifs is 3. The SMILES string of the molecule is O=C([O-])c1ccc(-c2ccc(/C=N\N3C(=O)[C@@H]4[C@H](C3=O)[C@H]3C=C[C@@H]4C34CC4)o2)cc1. The van der Waals surface area contributed by atoms with Crippen LogP contribution in [0.4, 0.5) is 0 Å². The van der Waals surface area contributed by atoms with Crippen molar-refractivity contribution in [2.45, 2.75) is 12.8 Å². The van der Waals surface area contributed by atoms with Gasteiger partial charge >= 0.3 is 0 Å². The maximum Gasteiger partial charge on any atom is 0.254 e. The number of aromatic carboxylic acids is 1. The molecule has 2 heterocycles. The van der Waals surface area contributed by atoms with Crippen LogP contribution in [-0.4, -0.2) is 29.0 Å². The Balaban J connectivity index is 1.21. The summed E-state index contributed by atoms with van der Waals surface area (Å²) >= 11 is 0. The van der Waals surface area contributed by atoms with Crippen molar-refractivity contribution in [2.24, 2.45) is 34.2 Å². The molecule has 4 atom stereocenters. The number of hydrogen-bond acceptors (Lipinski definition) is 6. The molecule has 1 aromatic carbocycles. The molecule has 30 heavy (non-hydrogen) atoms. The molecule has 7 nitrogen and oxygen atoms in total. The number of allylic oxidation sites excluding steroid dienone is 2. The molecule has 1 saturated heterocycles. The molecule has 1 aromatic heterocycles. The molecule has 0 N–H and O–H groups in total. The highest BCUT2D eigenvalue weighted by molar-refractivity contribution is 6.07. The van der Waals surface area contributed by atoms with Crippen molar-refractivity contribution in [3.63, 3.8) is 0 Å². The second-order valence-corrected chi connectivity index (χ2v) is 8.52. The molecule has 2 aromatic rings. The van der Waals surface area contributed by atoms with Crippen LogP contribution in [0.5, 0.6) is 0 Å². The zero-order chi connectivity index (χ0) is 20.6. The average molecular weight is 401 g/mol. The van der Waals surface area contributed by atoms with Crippen LogP contribution in [-0.2, 0) is 9.59 Å². The number of furan rings is 1. The Morgan fingerprint density at radius 2 is 1.67 bits per heavy atom. The molecule has 7 heteroatoms. The monoisotopic (exact) mass is 401 g/mol. The second-order valence-electron chi connectivity index (χ2n) is 8.52. The lowest BCUT2D eigenvalue weighted by Gasteiger charge is -2.18. The van der Waals surface area contributed by atoms with Gasteiger partial charge in [-0.1, -0.05) is 36.4 Å². The minimum Gasteiger partial charge on any atom is -0.545 e. The molecule has 1 aliphatic heterocycles. The minimum absolute atomic E-state index is 0.0835. The Bertz CT molecular complexity index is 1120. The molecular weight excluding hydrogens is 384 g/mol. The normalized spacial score (nSPS) is 30.1. The van der Waals surface area contributed by atoms with Crippen LogP contribution in [0.15, 0.2) is 58.1 Å². The van der Waals surface area contributed by atoms with Crippen molar-refractivity contribution in [3.8, 4) is 11.3 Å². The fourth-order valence-corrected chi connectivity index (χ4v) is 5.64. The lowest BCUT2D eigenvalue weighted by molar-refractivity contribution is -0.255. The number of carboxylic acid groups (broad SMARTS) is 1. The lowest BCUT2D eigenvalue weighted by Crippen LogP contribution is -2.30. The standard InChI is InChI=1S/C23H18N2O5/c26-20-18-15-6-7-16(23(15)9-10-23)19(18)21(27)25(20)24-11-14-5-8-17(30-14)12-1-3-13(4-2-12)22(28)29/h1-8,11,15-16,18-19H,9-10H2,(H,28,29)/p-1/b24-11-/t15-,16+,18-,19+. The van der Waals surface area contributed by atoms with Gasteiger partial charge in [-0.2, -0.15) is 10.1 Å². The van der Waals surface area contributed by atoms with Crippen molar-refractivity contribution in [1.29, 1.82) is 0 Å². The third-order valence-corrected chi connectivity index (χ3v) is 7.16. The number of rotatable bonds is 4. The predicted octanol–water partition coefficient (Wildman–Crippen LogP) is 1.84.